The van der Waals surface area contributed by atoms with E-state index in [1.54, 1.807) is 6.07 Å². The number of nitrogens with zero attached hydrogens (tertiary/aromatic N) is 1. The Labute approximate surface area is 100 Å². The van der Waals surface area contributed by atoms with E-state index in [0.29, 0.717) is 12.1 Å². The molecule has 0 aromatic heterocycles. The van der Waals surface area contributed by atoms with Crippen molar-refractivity contribution in [3.63, 3.8) is 0 Å². The van der Waals surface area contributed by atoms with Crippen molar-refractivity contribution in [1.29, 1.82) is 0 Å². The van der Waals surface area contributed by atoms with Gasteiger partial charge in [-0.25, -0.2) is 0 Å². The van der Waals surface area contributed by atoms with Gasteiger partial charge in [-0.2, -0.15) is 4.91 Å². The normalized spacial score (nSPS) is 12.0. The van der Waals surface area contributed by atoms with Crippen LogP contribution >= 0.6 is 0 Å². The van der Waals surface area contributed by atoms with E-state index in [9.17, 15) is 4.91 Å². The highest BCUT2D eigenvalue weighted by molar-refractivity contribution is 5.48. The van der Waals surface area contributed by atoms with Crippen LogP contribution in [0.1, 0.15) is 17.2 Å². The maximum atomic E-state index is 11.0. The third kappa shape index (κ3) is 2.69. The summed E-state index contributed by atoms with van der Waals surface area (Å²) in [4.78, 5) is 11.0. The number of hydrogen-bond acceptors (Lipinski definition) is 3. The van der Waals surface area contributed by atoms with Crippen molar-refractivity contribution in [2.75, 3.05) is 5.73 Å². The van der Waals surface area contributed by atoms with Gasteiger partial charge in [0.2, 0.25) is 0 Å². The molecule has 1 atom stereocenters. The third-order valence-electron chi connectivity index (χ3n) is 2.75. The molecule has 1 unspecified atom stereocenters. The van der Waals surface area contributed by atoms with Crippen LogP contribution in [-0.2, 0) is 6.42 Å². The molecule has 2 N–H and O–H groups in total. The van der Waals surface area contributed by atoms with Gasteiger partial charge in [0.1, 0.15) is 6.04 Å². The Morgan fingerprint density at radius 1 is 1.00 bits per heavy atom. The van der Waals surface area contributed by atoms with Gasteiger partial charge in [-0.3, -0.25) is 0 Å². The quantitative estimate of drug-likeness (QED) is 0.642. The first-order valence-corrected chi connectivity index (χ1v) is 5.52. The van der Waals surface area contributed by atoms with E-state index < -0.39 is 6.04 Å². The highest BCUT2D eigenvalue weighted by Crippen LogP contribution is 2.26. The minimum atomic E-state index is -0.418. The molecule has 0 amide bonds. The van der Waals surface area contributed by atoms with E-state index in [1.165, 1.54) is 0 Å². The lowest BCUT2D eigenvalue weighted by molar-refractivity contribution is 0.720. The van der Waals surface area contributed by atoms with E-state index in [1.807, 2.05) is 48.5 Å². The highest BCUT2D eigenvalue weighted by Gasteiger charge is 2.14. The monoisotopic (exact) mass is 226 g/mol. The fraction of sp³-hybridized carbons (Fsp3) is 0.143. The molecule has 86 valence electrons. The van der Waals surface area contributed by atoms with Crippen LogP contribution in [-0.4, -0.2) is 0 Å². The number of hydrogen-bond donors (Lipinski definition) is 1. The molecule has 0 heterocycles. The van der Waals surface area contributed by atoms with E-state index in [2.05, 4.69) is 5.18 Å². The Hall–Kier alpha value is -2.16. The van der Waals surface area contributed by atoms with Gasteiger partial charge in [-0.1, -0.05) is 53.7 Å². The molecule has 0 bridgehead atoms. The molecular formula is C14H14N2O. The predicted molar refractivity (Wildman–Crippen MR) is 69.5 cm³/mol. The summed E-state index contributed by atoms with van der Waals surface area (Å²) in [6, 6.07) is 16.8. The van der Waals surface area contributed by atoms with Gasteiger partial charge < -0.3 is 5.73 Å². The summed E-state index contributed by atoms with van der Waals surface area (Å²) in [5, 5.41) is 3.18. The average Bonchev–Trinajstić information content (AvgIpc) is 2.38. The number of nitrogen functional groups attached to an aromatic ring is 1. The largest absolute Gasteiger partial charge is 0.398 e. The molecule has 0 radical (unpaired) electrons. The summed E-state index contributed by atoms with van der Waals surface area (Å²) in [6.45, 7) is 0. The molecule has 2 aromatic rings. The van der Waals surface area contributed by atoms with Crippen molar-refractivity contribution in [2.45, 2.75) is 12.5 Å². The number of rotatable bonds is 4. The zero-order valence-corrected chi connectivity index (χ0v) is 9.41. The van der Waals surface area contributed by atoms with Crippen molar-refractivity contribution >= 4 is 5.69 Å². The fourth-order valence-electron chi connectivity index (χ4n) is 1.86. The standard InChI is InChI=1S/C14H14N2O/c15-13-9-5-4-8-12(13)14(16-17)10-11-6-2-1-3-7-11/h1-9,14H,10,15H2. The first kappa shape index (κ1) is 11.3. The minimum Gasteiger partial charge on any atom is -0.398 e. The maximum absolute atomic E-state index is 11.0. The summed E-state index contributed by atoms with van der Waals surface area (Å²) < 4.78 is 0. The Morgan fingerprint density at radius 2 is 1.65 bits per heavy atom. The molecule has 0 saturated heterocycles. The van der Waals surface area contributed by atoms with Crippen molar-refractivity contribution in [3.05, 3.63) is 70.6 Å². The van der Waals surface area contributed by atoms with Gasteiger partial charge in [0.05, 0.1) is 0 Å². The topological polar surface area (TPSA) is 55.4 Å². The van der Waals surface area contributed by atoms with Crippen LogP contribution in [0.25, 0.3) is 0 Å². The molecule has 0 spiro atoms. The van der Waals surface area contributed by atoms with Crippen molar-refractivity contribution < 1.29 is 0 Å². The van der Waals surface area contributed by atoms with E-state index >= 15 is 0 Å². The maximum Gasteiger partial charge on any atom is 0.123 e. The Balaban J connectivity index is 2.24. The lowest BCUT2D eigenvalue weighted by atomic mass is 9.98. The third-order valence-corrected chi connectivity index (χ3v) is 2.75. The molecule has 0 saturated carbocycles. The van der Waals surface area contributed by atoms with Gasteiger partial charge in [-0.05, 0) is 11.6 Å². The second kappa shape index (κ2) is 5.25. The summed E-state index contributed by atoms with van der Waals surface area (Å²) >= 11 is 0. The van der Waals surface area contributed by atoms with Crippen LogP contribution in [0.2, 0.25) is 0 Å². The summed E-state index contributed by atoms with van der Waals surface area (Å²) in [5.74, 6) is 0. The fourth-order valence-corrected chi connectivity index (χ4v) is 1.86. The summed E-state index contributed by atoms with van der Waals surface area (Å²) in [5.41, 5.74) is 8.35. The van der Waals surface area contributed by atoms with Gasteiger partial charge >= 0.3 is 0 Å². The molecule has 2 aromatic carbocycles. The number of benzene rings is 2. The first-order valence-electron chi connectivity index (χ1n) is 5.52. The molecule has 3 nitrogen and oxygen atoms in total. The van der Waals surface area contributed by atoms with Crippen LogP contribution in [0, 0.1) is 4.91 Å². The molecule has 2 rings (SSSR count). The SMILES string of the molecule is Nc1ccccc1C(Cc1ccccc1)N=O. The number of nitroso groups, excluding NO2 is 1. The zero-order chi connectivity index (χ0) is 12.1. The van der Waals surface area contributed by atoms with Crippen molar-refractivity contribution in [2.24, 2.45) is 5.18 Å². The molecule has 0 aliphatic rings. The van der Waals surface area contributed by atoms with Gasteiger partial charge in [-0.15, -0.1) is 0 Å². The molecule has 17 heavy (non-hydrogen) atoms. The van der Waals surface area contributed by atoms with Crippen molar-refractivity contribution in [3.8, 4) is 0 Å². The van der Waals surface area contributed by atoms with E-state index in [0.717, 1.165) is 11.1 Å². The van der Waals surface area contributed by atoms with E-state index in [-0.39, 0.29) is 0 Å². The van der Waals surface area contributed by atoms with Gasteiger partial charge in [0, 0.05) is 17.7 Å². The zero-order valence-electron chi connectivity index (χ0n) is 9.41. The summed E-state index contributed by atoms with van der Waals surface area (Å²) in [7, 11) is 0. The van der Waals surface area contributed by atoms with Crippen LogP contribution in [0.4, 0.5) is 5.69 Å². The van der Waals surface area contributed by atoms with Crippen molar-refractivity contribution in [1.82, 2.24) is 0 Å². The molecule has 0 aliphatic carbocycles. The number of para-hydroxylation sites is 1. The van der Waals surface area contributed by atoms with Crippen LogP contribution in [0.5, 0.6) is 0 Å². The van der Waals surface area contributed by atoms with Crippen LogP contribution in [0.15, 0.2) is 59.8 Å². The smallest absolute Gasteiger partial charge is 0.123 e. The Kier molecular flexibility index (Phi) is 3.50. The molecule has 0 fully saturated rings. The second-order valence-electron chi connectivity index (χ2n) is 3.94. The van der Waals surface area contributed by atoms with Gasteiger partial charge in [0.15, 0.2) is 0 Å². The molecular weight excluding hydrogens is 212 g/mol. The average molecular weight is 226 g/mol. The highest BCUT2D eigenvalue weighted by atomic mass is 16.3. The molecule has 0 aliphatic heterocycles. The predicted octanol–water partition coefficient (Wildman–Crippen LogP) is 3.32. The van der Waals surface area contributed by atoms with Crippen LogP contribution in [0.3, 0.4) is 0 Å². The van der Waals surface area contributed by atoms with Crippen LogP contribution < -0.4 is 5.73 Å². The minimum absolute atomic E-state index is 0.418. The summed E-state index contributed by atoms with van der Waals surface area (Å²) in [6.07, 6.45) is 0.582. The van der Waals surface area contributed by atoms with Gasteiger partial charge in [0.25, 0.3) is 0 Å². The lowest BCUT2D eigenvalue weighted by Gasteiger charge is -2.11. The lowest BCUT2D eigenvalue weighted by Crippen LogP contribution is -2.03. The Morgan fingerprint density at radius 3 is 2.29 bits per heavy atom. The first-order chi connectivity index (χ1) is 8.31. The number of anilines is 1. The number of nitrogens with two attached hydrogens (primary N) is 1. The second-order valence-corrected chi connectivity index (χ2v) is 3.94. The van der Waals surface area contributed by atoms with E-state index in [4.69, 9.17) is 5.73 Å². The Bertz CT molecular complexity index is 497. The molecule has 3 heteroatoms.